The highest BCUT2D eigenvalue weighted by Gasteiger charge is 2.25. The largest absolute Gasteiger partial charge is 0.348 e. The first-order valence-electron chi connectivity index (χ1n) is 6.56. The zero-order valence-corrected chi connectivity index (χ0v) is 11.1. The Morgan fingerprint density at radius 2 is 2.35 bits per heavy atom. The molecule has 1 fully saturated rings. The molecular weight excluding hydrogens is 212 g/mol. The molecule has 0 aliphatic carbocycles. The summed E-state index contributed by atoms with van der Waals surface area (Å²) in [6.45, 7) is 6.82. The van der Waals surface area contributed by atoms with E-state index in [2.05, 4.69) is 41.1 Å². The predicted octanol–water partition coefficient (Wildman–Crippen LogP) is 1.27. The van der Waals surface area contributed by atoms with Crippen LogP contribution in [0.5, 0.6) is 0 Å². The Morgan fingerprint density at radius 1 is 1.53 bits per heavy atom. The molecule has 0 spiro atoms. The number of rotatable bonds is 4. The van der Waals surface area contributed by atoms with Crippen molar-refractivity contribution >= 4 is 0 Å². The van der Waals surface area contributed by atoms with Crippen LogP contribution < -0.4 is 5.32 Å². The van der Waals surface area contributed by atoms with Crippen molar-refractivity contribution in [2.45, 2.75) is 38.8 Å². The first-order chi connectivity index (χ1) is 8.15. The summed E-state index contributed by atoms with van der Waals surface area (Å²) in [5.74, 6) is 0.772. The van der Waals surface area contributed by atoms with Gasteiger partial charge in [-0.05, 0) is 19.4 Å². The van der Waals surface area contributed by atoms with Gasteiger partial charge in [0.1, 0.15) is 0 Å². The molecule has 0 radical (unpaired) electrons. The second kappa shape index (κ2) is 5.65. The maximum absolute atomic E-state index is 4.06. The van der Waals surface area contributed by atoms with Gasteiger partial charge in [-0.15, -0.1) is 0 Å². The third-order valence-electron chi connectivity index (χ3n) is 3.54. The second-order valence-corrected chi connectivity index (χ2v) is 5.61. The Labute approximate surface area is 104 Å². The van der Waals surface area contributed by atoms with Gasteiger partial charge < -0.3 is 15.2 Å². The van der Waals surface area contributed by atoms with E-state index in [0.29, 0.717) is 12.1 Å². The lowest BCUT2D eigenvalue weighted by Crippen LogP contribution is -2.55. The van der Waals surface area contributed by atoms with E-state index in [-0.39, 0.29) is 0 Å². The Kier molecular flexibility index (Phi) is 4.18. The second-order valence-electron chi connectivity index (χ2n) is 5.61. The summed E-state index contributed by atoms with van der Waals surface area (Å²) in [7, 11) is 2.24. The van der Waals surface area contributed by atoms with Crippen molar-refractivity contribution < 1.29 is 0 Å². The van der Waals surface area contributed by atoms with Crippen molar-refractivity contribution in [2.75, 3.05) is 20.1 Å². The van der Waals surface area contributed by atoms with Crippen molar-refractivity contribution in [1.29, 1.82) is 0 Å². The van der Waals surface area contributed by atoms with Crippen LogP contribution >= 0.6 is 0 Å². The van der Waals surface area contributed by atoms with Crippen LogP contribution in [-0.2, 0) is 6.42 Å². The number of nitrogens with one attached hydrogen (secondary N) is 2. The smallest absolute Gasteiger partial charge is 0.0921 e. The van der Waals surface area contributed by atoms with E-state index in [1.165, 1.54) is 12.1 Å². The van der Waals surface area contributed by atoms with Crippen LogP contribution in [0.25, 0.3) is 0 Å². The molecular formula is C13H24N4. The quantitative estimate of drug-likeness (QED) is 0.827. The molecule has 2 heterocycles. The van der Waals surface area contributed by atoms with E-state index in [9.17, 15) is 0 Å². The molecule has 1 aromatic heterocycles. The van der Waals surface area contributed by atoms with E-state index < -0.39 is 0 Å². The molecule has 2 atom stereocenters. The van der Waals surface area contributed by atoms with Crippen LogP contribution in [0.1, 0.15) is 26.0 Å². The van der Waals surface area contributed by atoms with Gasteiger partial charge >= 0.3 is 0 Å². The van der Waals surface area contributed by atoms with Crippen LogP contribution in [0.2, 0.25) is 0 Å². The summed E-state index contributed by atoms with van der Waals surface area (Å²) in [5, 5.41) is 3.65. The molecule has 17 heavy (non-hydrogen) atoms. The van der Waals surface area contributed by atoms with Crippen LogP contribution in [0.3, 0.4) is 0 Å². The Morgan fingerprint density at radius 3 is 2.94 bits per heavy atom. The van der Waals surface area contributed by atoms with E-state index in [1.807, 2.05) is 6.20 Å². The monoisotopic (exact) mass is 236 g/mol. The van der Waals surface area contributed by atoms with Crippen molar-refractivity contribution in [3.05, 3.63) is 18.2 Å². The van der Waals surface area contributed by atoms with Gasteiger partial charge in [0.05, 0.1) is 6.33 Å². The first-order valence-corrected chi connectivity index (χ1v) is 6.56. The fourth-order valence-electron chi connectivity index (χ4n) is 2.63. The lowest BCUT2D eigenvalue weighted by Gasteiger charge is -2.38. The number of hydrogen-bond donors (Lipinski definition) is 2. The van der Waals surface area contributed by atoms with Gasteiger partial charge in [-0.1, -0.05) is 13.8 Å². The summed E-state index contributed by atoms with van der Waals surface area (Å²) in [6, 6.07) is 1.23. The minimum Gasteiger partial charge on any atom is -0.348 e. The zero-order chi connectivity index (χ0) is 12.3. The summed E-state index contributed by atoms with van der Waals surface area (Å²) in [4.78, 5) is 9.73. The number of aromatic nitrogens is 2. The first kappa shape index (κ1) is 12.6. The maximum Gasteiger partial charge on any atom is 0.0921 e. The maximum atomic E-state index is 4.06. The molecule has 2 rings (SSSR count). The molecule has 4 nitrogen and oxygen atoms in total. The topological polar surface area (TPSA) is 44.0 Å². The lowest BCUT2D eigenvalue weighted by atomic mass is 9.98. The fraction of sp³-hybridized carbons (Fsp3) is 0.769. The standard InChI is InChI=1S/C13H24N4/c1-10(2)4-13-7-15-12(8-17(13)3)5-11-6-14-9-16-11/h6,9-10,12-13,15H,4-5,7-8H2,1-3H3,(H,14,16)/t12-,13+/m0/s1. The molecule has 0 unspecified atom stereocenters. The number of H-pyrrole nitrogens is 1. The molecule has 0 aromatic carbocycles. The normalized spacial score (nSPS) is 26.6. The van der Waals surface area contributed by atoms with E-state index in [1.54, 1.807) is 6.33 Å². The van der Waals surface area contributed by atoms with Gasteiger partial charge in [-0.2, -0.15) is 0 Å². The minimum absolute atomic E-state index is 0.545. The van der Waals surface area contributed by atoms with Gasteiger partial charge in [0.2, 0.25) is 0 Å². The average Bonchev–Trinajstić information content (AvgIpc) is 2.74. The summed E-state index contributed by atoms with van der Waals surface area (Å²) in [6.07, 6.45) is 5.99. The average molecular weight is 236 g/mol. The Bertz CT molecular complexity index is 320. The highest BCUT2D eigenvalue weighted by Crippen LogP contribution is 2.14. The van der Waals surface area contributed by atoms with Crippen LogP contribution in [0, 0.1) is 5.92 Å². The number of nitrogens with zero attached hydrogens (tertiary/aromatic N) is 2. The van der Waals surface area contributed by atoms with Gasteiger partial charge in [0.25, 0.3) is 0 Å². The minimum atomic E-state index is 0.545. The molecule has 1 saturated heterocycles. The van der Waals surface area contributed by atoms with E-state index >= 15 is 0 Å². The molecule has 1 aromatic rings. The Hall–Kier alpha value is -0.870. The summed E-state index contributed by atoms with van der Waals surface area (Å²) in [5.41, 5.74) is 1.22. The fourth-order valence-corrected chi connectivity index (χ4v) is 2.63. The van der Waals surface area contributed by atoms with E-state index in [4.69, 9.17) is 0 Å². The molecule has 2 N–H and O–H groups in total. The van der Waals surface area contributed by atoms with Gasteiger partial charge in [0, 0.05) is 43.5 Å². The Balaban J connectivity index is 1.82. The van der Waals surface area contributed by atoms with Crippen molar-refractivity contribution in [3.63, 3.8) is 0 Å². The lowest BCUT2D eigenvalue weighted by molar-refractivity contribution is 0.144. The molecule has 1 aliphatic heterocycles. The molecule has 1 aliphatic rings. The van der Waals surface area contributed by atoms with Crippen LogP contribution in [-0.4, -0.2) is 47.1 Å². The SMILES string of the molecule is CC(C)C[C@@H]1CN[C@@H](Cc2cnc[nH]2)CN1C. The highest BCUT2D eigenvalue weighted by atomic mass is 15.2. The van der Waals surface area contributed by atoms with Crippen molar-refractivity contribution in [3.8, 4) is 0 Å². The molecule has 4 heteroatoms. The molecule has 0 amide bonds. The van der Waals surface area contributed by atoms with Crippen LogP contribution in [0.15, 0.2) is 12.5 Å². The summed E-state index contributed by atoms with van der Waals surface area (Å²) < 4.78 is 0. The number of piperazine rings is 1. The van der Waals surface area contributed by atoms with E-state index in [0.717, 1.165) is 25.4 Å². The number of likely N-dealkylation sites (N-methyl/N-ethyl adjacent to an activating group) is 1. The number of aromatic amines is 1. The third kappa shape index (κ3) is 3.54. The number of imidazole rings is 1. The van der Waals surface area contributed by atoms with Crippen molar-refractivity contribution in [1.82, 2.24) is 20.2 Å². The van der Waals surface area contributed by atoms with Gasteiger partial charge in [-0.25, -0.2) is 4.98 Å². The predicted molar refractivity (Wildman–Crippen MR) is 70.0 cm³/mol. The number of hydrogen-bond acceptors (Lipinski definition) is 3. The van der Waals surface area contributed by atoms with Crippen LogP contribution in [0.4, 0.5) is 0 Å². The molecule has 96 valence electrons. The van der Waals surface area contributed by atoms with Gasteiger partial charge in [0.15, 0.2) is 0 Å². The third-order valence-corrected chi connectivity index (χ3v) is 3.54. The highest BCUT2D eigenvalue weighted by molar-refractivity contribution is 4.99. The zero-order valence-electron chi connectivity index (χ0n) is 11.1. The van der Waals surface area contributed by atoms with Crippen molar-refractivity contribution in [2.24, 2.45) is 5.92 Å². The summed E-state index contributed by atoms with van der Waals surface area (Å²) >= 11 is 0. The van der Waals surface area contributed by atoms with Gasteiger partial charge in [-0.3, -0.25) is 0 Å². The molecule has 0 saturated carbocycles. The molecule has 0 bridgehead atoms.